The third-order valence-corrected chi connectivity index (χ3v) is 3.65. The minimum atomic E-state index is -0.715. The highest BCUT2D eigenvalue weighted by molar-refractivity contribution is 5.68. The van der Waals surface area contributed by atoms with Crippen molar-refractivity contribution in [1.82, 2.24) is 0 Å². The van der Waals surface area contributed by atoms with Crippen LogP contribution in [0.2, 0.25) is 0 Å². The summed E-state index contributed by atoms with van der Waals surface area (Å²) in [7, 11) is 1.65. The molecule has 1 aliphatic rings. The molecule has 1 aromatic carbocycles. The Hall–Kier alpha value is -1.51. The molecule has 0 amide bonds. The number of hydrogen-bond donors (Lipinski definition) is 1. The Morgan fingerprint density at radius 3 is 2.67 bits per heavy atom. The largest absolute Gasteiger partial charge is 0.497 e. The zero-order valence-corrected chi connectivity index (χ0v) is 11.0. The maximum absolute atomic E-state index is 11.0. The molecule has 0 aromatic heterocycles. The lowest BCUT2D eigenvalue weighted by Crippen LogP contribution is -2.09. The summed E-state index contributed by atoms with van der Waals surface area (Å²) in [6.45, 7) is 2.10. The Morgan fingerprint density at radius 1 is 1.44 bits per heavy atom. The predicted molar refractivity (Wildman–Crippen MR) is 70.1 cm³/mol. The molecule has 0 aliphatic heterocycles. The standard InChI is InChI=1S/C15H20O3/c1-3-10-6-12(8-13(7-10)18-2)14(9-15(16)17)11-4-5-11/h6-8,11,14H,3-5,9H2,1-2H3,(H,16,17). The molecule has 0 saturated heterocycles. The number of benzene rings is 1. The van der Waals surface area contributed by atoms with E-state index in [2.05, 4.69) is 13.0 Å². The second-order valence-electron chi connectivity index (χ2n) is 5.01. The van der Waals surface area contributed by atoms with Crippen molar-refractivity contribution in [2.24, 2.45) is 5.92 Å². The highest BCUT2D eigenvalue weighted by Crippen LogP contribution is 2.45. The molecule has 0 heterocycles. The van der Waals surface area contributed by atoms with Gasteiger partial charge in [-0.1, -0.05) is 13.0 Å². The molecule has 0 radical (unpaired) electrons. The van der Waals surface area contributed by atoms with E-state index in [4.69, 9.17) is 9.84 Å². The summed E-state index contributed by atoms with van der Waals surface area (Å²) < 4.78 is 5.31. The van der Waals surface area contributed by atoms with Gasteiger partial charge in [0.2, 0.25) is 0 Å². The number of carboxylic acid groups (broad SMARTS) is 1. The van der Waals surface area contributed by atoms with Crippen molar-refractivity contribution < 1.29 is 14.6 Å². The summed E-state index contributed by atoms with van der Waals surface area (Å²) in [6.07, 6.45) is 3.46. The van der Waals surface area contributed by atoms with E-state index in [0.29, 0.717) is 5.92 Å². The van der Waals surface area contributed by atoms with E-state index < -0.39 is 5.97 Å². The van der Waals surface area contributed by atoms with E-state index in [0.717, 1.165) is 30.6 Å². The van der Waals surface area contributed by atoms with Crippen LogP contribution in [0.15, 0.2) is 18.2 Å². The van der Waals surface area contributed by atoms with Gasteiger partial charge in [-0.25, -0.2) is 0 Å². The Morgan fingerprint density at radius 2 is 2.17 bits per heavy atom. The molecule has 1 fully saturated rings. The van der Waals surface area contributed by atoms with Gasteiger partial charge >= 0.3 is 5.97 Å². The van der Waals surface area contributed by atoms with Crippen molar-refractivity contribution in [3.63, 3.8) is 0 Å². The Kier molecular flexibility index (Phi) is 3.90. The van der Waals surface area contributed by atoms with Crippen LogP contribution < -0.4 is 4.74 Å². The molecule has 2 rings (SSSR count). The number of methoxy groups -OCH3 is 1. The summed E-state index contributed by atoms with van der Waals surface area (Å²) in [6, 6.07) is 6.15. The quantitative estimate of drug-likeness (QED) is 0.840. The summed E-state index contributed by atoms with van der Waals surface area (Å²) in [5.74, 6) is 0.800. The van der Waals surface area contributed by atoms with Crippen molar-refractivity contribution in [1.29, 1.82) is 0 Å². The summed E-state index contributed by atoms with van der Waals surface area (Å²) in [5.41, 5.74) is 2.33. The molecule has 1 saturated carbocycles. The average Bonchev–Trinajstić information content (AvgIpc) is 3.19. The van der Waals surface area contributed by atoms with Crippen LogP contribution in [0.3, 0.4) is 0 Å². The topological polar surface area (TPSA) is 46.5 Å². The highest BCUT2D eigenvalue weighted by atomic mass is 16.5. The summed E-state index contributed by atoms with van der Waals surface area (Å²) in [5, 5.41) is 9.04. The van der Waals surface area contributed by atoms with Crippen molar-refractivity contribution in [2.75, 3.05) is 7.11 Å². The van der Waals surface area contributed by atoms with Crippen LogP contribution in [-0.2, 0) is 11.2 Å². The fourth-order valence-electron chi connectivity index (χ4n) is 2.47. The predicted octanol–water partition coefficient (Wildman–Crippen LogP) is 3.23. The number of carboxylic acids is 1. The first-order valence-electron chi connectivity index (χ1n) is 6.53. The van der Waals surface area contributed by atoms with Crippen LogP contribution in [0.4, 0.5) is 0 Å². The second kappa shape index (κ2) is 5.42. The maximum Gasteiger partial charge on any atom is 0.303 e. The molecule has 1 N–H and O–H groups in total. The van der Waals surface area contributed by atoms with Gasteiger partial charge in [0.25, 0.3) is 0 Å². The Labute approximate surface area is 108 Å². The van der Waals surface area contributed by atoms with E-state index in [-0.39, 0.29) is 12.3 Å². The number of rotatable bonds is 6. The number of carbonyl (C=O) groups is 1. The van der Waals surface area contributed by atoms with Gasteiger partial charge in [0.1, 0.15) is 5.75 Å². The molecular weight excluding hydrogens is 228 g/mol. The zero-order chi connectivity index (χ0) is 13.1. The highest BCUT2D eigenvalue weighted by Gasteiger charge is 2.34. The van der Waals surface area contributed by atoms with Crippen LogP contribution in [0, 0.1) is 5.92 Å². The monoisotopic (exact) mass is 248 g/mol. The molecule has 3 nitrogen and oxygen atoms in total. The van der Waals surface area contributed by atoms with Gasteiger partial charge in [0.15, 0.2) is 0 Å². The lowest BCUT2D eigenvalue weighted by atomic mass is 9.89. The molecule has 1 unspecified atom stereocenters. The van der Waals surface area contributed by atoms with E-state index >= 15 is 0 Å². The van der Waals surface area contributed by atoms with Gasteiger partial charge in [-0.2, -0.15) is 0 Å². The minimum absolute atomic E-state index is 0.142. The second-order valence-corrected chi connectivity index (χ2v) is 5.01. The van der Waals surface area contributed by atoms with Gasteiger partial charge in [-0.05, 0) is 54.4 Å². The number of aryl methyl sites for hydroxylation is 1. The van der Waals surface area contributed by atoms with Gasteiger partial charge in [0.05, 0.1) is 13.5 Å². The van der Waals surface area contributed by atoms with Crippen molar-refractivity contribution in [3.8, 4) is 5.75 Å². The van der Waals surface area contributed by atoms with Crippen molar-refractivity contribution in [3.05, 3.63) is 29.3 Å². The molecule has 98 valence electrons. The molecule has 1 aromatic rings. The molecular formula is C15H20O3. The summed E-state index contributed by atoms with van der Waals surface area (Å²) >= 11 is 0. The third kappa shape index (κ3) is 3.03. The molecule has 0 bridgehead atoms. The lowest BCUT2D eigenvalue weighted by Gasteiger charge is -2.17. The lowest BCUT2D eigenvalue weighted by molar-refractivity contribution is -0.137. The van der Waals surface area contributed by atoms with E-state index in [9.17, 15) is 4.79 Å². The molecule has 1 atom stereocenters. The van der Waals surface area contributed by atoms with Crippen molar-refractivity contribution >= 4 is 5.97 Å². The smallest absolute Gasteiger partial charge is 0.303 e. The van der Waals surface area contributed by atoms with Crippen LogP contribution in [-0.4, -0.2) is 18.2 Å². The van der Waals surface area contributed by atoms with Crippen LogP contribution in [0.25, 0.3) is 0 Å². The zero-order valence-electron chi connectivity index (χ0n) is 11.0. The van der Waals surface area contributed by atoms with Gasteiger partial charge < -0.3 is 9.84 Å². The van der Waals surface area contributed by atoms with E-state index in [1.54, 1.807) is 7.11 Å². The van der Waals surface area contributed by atoms with E-state index in [1.165, 1.54) is 5.56 Å². The van der Waals surface area contributed by atoms with Gasteiger partial charge in [-0.3, -0.25) is 4.79 Å². The van der Waals surface area contributed by atoms with Crippen LogP contribution in [0.5, 0.6) is 5.75 Å². The normalized spacial score (nSPS) is 16.3. The SMILES string of the molecule is CCc1cc(OC)cc(C(CC(=O)O)C2CC2)c1. The molecule has 3 heteroatoms. The molecule has 1 aliphatic carbocycles. The van der Waals surface area contributed by atoms with Crippen LogP contribution in [0.1, 0.15) is 43.2 Å². The Balaban J connectivity index is 2.30. The number of hydrogen-bond acceptors (Lipinski definition) is 2. The average molecular weight is 248 g/mol. The fraction of sp³-hybridized carbons (Fsp3) is 0.533. The van der Waals surface area contributed by atoms with E-state index in [1.807, 2.05) is 12.1 Å². The molecule has 18 heavy (non-hydrogen) atoms. The first-order chi connectivity index (χ1) is 8.63. The van der Waals surface area contributed by atoms with Gasteiger partial charge in [0, 0.05) is 0 Å². The number of ether oxygens (including phenoxy) is 1. The minimum Gasteiger partial charge on any atom is -0.497 e. The third-order valence-electron chi connectivity index (χ3n) is 3.65. The van der Waals surface area contributed by atoms with Crippen LogP contribution >= 0.6 is 0 Å². The first-order valence-corrected chi connectivity index (χ1v) is 6.53. The summed E-state index contributed by atoms with van der Waals surface area (Å²) in [4.78, 5) is 11.0. The molecule has 0 spiro atoms. The first kappa shape index (κ1) is 12.9. The number of aliphatic carboxylic acids is 1. The Bertz CT molecular complexity index is 413. The van der Waals surface area contributed by atoms with Gasteiger partial charge in [-0.15, -0.1) is 0 Å². The van der Waals surface area contributed by atoms with Crippen molar-refractivity contribution in [2.45, 2.75) is 38.5 Å². The fourth-order valence-corrected chi connectivity index (χ4v) is 2.47. The maximum atomic E-state index is 11.0.